The maximum atomic E-state index is 6.17. The largest absolute Gasteiger partial charge is 0.309 e. The molecule has 0 amide bonds. The molecule has 0 heterocycles. The summed E-state index contributed by atoms with van der Waals surface area (Å²) in [6, 6.07) is 8.29. The first-order valence-corrected chi connectivity index (χ1v) is 7.75. The zero-order valence-corrected chi connectivity index (χ0v) is 14.5. The average Bonchev–Trinajstić information content (AvgIpc) is 2.47. The van der Waals surface area contributed by atoms with E-state index < -0.39 is 0 Å². The highest BCUT2D eigenvalue weighted by atomic mass is 35.5. The van der Waals surface area contributed by atoms with Crippen LogP contribution >= 0.6 is 11.6 Å². The van der Waals surface area contributed by atoms with Gasteiger partial charge in [0, 0.05) is 5.02 Å². The quantitative estimate of drug-likeness (QED) is 0.822. The van der Waals surface area contributed by atoms with Crippen LogP contribution in [0.15, 0.2) is 24.3 Å². The minimum absolute atomic E-state index is 0.168. The van der Waals surface area contributed by atoms with Crippen LogP contribution in [-0.4, -0.2) is 7.05 Å². The fourth-order valence-electron chi connectivity index (χ4n) is 3.13. The average molecular weight is 302 g/mol. The minimum Gasteiger partial charge on any atom is -0.309 e. The summed E-state index contributed by atoms with van der Waals surface area (Å²) < 4.78 is 0. The van der Waals surface area contributed by atoms with Gasteiger partial charge in [0.05, 0.1) is 6.04 Å². The van der Waals surface area contributed by atoms with Gasteiger partial charge in [0.2, 0.25) is 0 Å². The fraction of sp³-hybridized carbons (Fsp3) is 0.368. The lowest BCUT2D eigenvalue weighted by molar-refractivity contribution is 0.681. The Labute approximate surface area is 133 Å². The van der Waals surface area contributed by atoms with Crippen LogP contribution in [0.5, 0.6) is 0 Å². The maximum Gasteiger partial charge on any atom is 0.0580 e. The van der Waals surface area contributed by atoms with Crippen LogP contribution < -0.4 is 5.32 Å². The van der Waals surface area contributed by atoms with Gasteiger partial charge in [-0.25, -0.2) is 0 Å². The van der Waals surface area contributed by atoms with Crippen LogP contribution in [0.4, 0.5) is 0 Å². The Morgan fingerprint density at radius 1 is 0.857 bits per heavy atom. The number of hydrogen-bond acceptors (Lipinski definition) is 1. The molecule has 2 rings (SSSR count). The molecular weight excluding hydrogens is 278 g/mol. The molecule has 1 nitrogen and oxygen atoms in total. The Kier molecular flexibility index (Phi) is 4.75. The molecule has 21 heavy (non-hydrogen) atoms. The number of hydrogen-bond donors (Lipinski definition) is 1. The maximum absolute atomic E-state index is 6.17. The van der Waals surface area contributed by atoms with Gasteiger partial charge in [0.15, 0.2) is 0 Å². The molecule has 0 aliphatic carbocycles. The number of halogens is 1. The molecule has 2 aromatic rings. The molecule has 2 heteroatoms. The van der Waals surface area contributed by atoms with Crippen molar-refractivity contribution in [3.63, 3.8) is 0 Å². The third-order valence-corrected chi connectivity index (χ3v) is 5.05. The SMILES string of the molecule is CNC(c1cccc(Cl)c1)c1c(C)c(C)c(C)c(C)c1C. The van der Waals surface area contributed by atoms with E-state index in [2.05, 4.69) is 46.0 Å². The van der Waals surface area contributed by atoms with E-state index in [1.165, 1.54) is 38.9 Å². The number of nitrogens with one attached hydrogen (secondary N) is 1. The predicted octanol–water partition coefficient (Wildman–Crippen LogP) is 5.19. The Morgan fingerprint density at radius 3 is 1.86 bits per heavy atom. The normalized spacial score (nSPS) is 12.5. The molecule has 0 spiro atoms. The van der Waals surface area contributed by atoms with Crippen molar-refractivity contribution in [2.75, 3.05) is 7.05 Å². The predicted molar refractivity (Wildman–Crippen MR) is 92.5 cm³/mol. The zero-order chi connectivity index (χ0) is 15.7. The van der Waals surface area contributed by atoms with Gasteiger partial charge >= 0.3 is 0 Å². The number of benzene rings is 2. The summed E-state index contributed by atoms with van der Waals surface area (Å²) in [5.74, 6) is 0. The molecule has 112 valence electrons. The molecule has 0 radical (unpaired) electrons. The summed E-state index contributed by atoms with van der Waals surface area (Å²) in [5.41, 5.74) is 9.49. The second-order valence-electron chi connectivity index (χ2n) is 5.82. The van der Waals surface area contributed by atoms with Gasteiger partial charge in [-0.2, -0.15) is 0 Å². The number of rotatable bonds is 3. The first-order valence-electron chi connectivity index (χ1n) is 7.38. The Hall–Kier alpha value is -1.31. The smallest absolute Gasteiger partial charge is 0.0580 e. The minimum atomic E-state index is 0.168. The third-order valence-electron chi connectivity index (χ3n) is 4.82. The highest BCUT2D eigenvalue weighted by Gasteiger charge is 2.20. The highest BCUT2D eigenvalue weighted by Crippen LogP contribution is 2.34. The van der Waals surface area contributed by atoms with Crippen molar-refractivity contribution in [3.05, 3.63) is 68.2 Å². The van der Waals surface area contributed by atoms with Crippen molar-refractivity contribution in [1.82, 2.24) is 5.32 Å². The lowest BCUT2D eigenvalue weighted by Gasteiger charge is -2.26. The second-order valence-corrected chi connectivity index (χ2v) is 6.25. The van der Waals surface area contributed by atoms with Gasteiger partial charge in [0.1, 0.15) is 0 Å². The molecule has 2 aromatic carbocycles. The molecule has 1 N–H and O–H groups in total. The molecule has 0 bridgehead atoms. The van der Waals surface area contributed by atoms with Crippen molar-refractivity contribution < 1.29 is 0 Å². The van der Waals surface area contributed by atoms with Crippen LogP contribution in [0, 0.1) is 34.6 Å². The van der Waals surface area contributed by atoms with Crippen molar-refractivity contribution in [1.29, 1.82) is 0 Å². The molecular formula is C19H24ClN. The van der Waals surface area contributed by atoms with Crippen LogP contribution in [0.2, 0.25) is 5.02 Å². The van der Waals surface area contributed by atoms with Gasteiger partial charge in [-0.3, -0.25) is 0 Å². The summed E-state index contributed by atoms with van der Waals surface area (Å²) >= 11 is 6.17. The Bertz CT molecular complexity index is 645. The molecule has 0 saturated carbocycles. The van der Waals surface area contributed by atoms with Crippen LogP contribution in [0.3, 0.4) is 0 Å². The highest BCUT2D eigenvalue weighted by molar-refractivity contribution is 6.30. The van der Waals surface area contributed by atoms with E-state index in [1.54, 1.807) is 0 Å². The molecule has 1 unspecified atom stereocenters. The summed E-state index contributed by atoms with van der Waals surface area (Å²) in [4.78, 5) is 0. The van der Waals surface area contributed by atoms with Gasteiger partial charge in [-0.1, -0.05) is 23.7 Å². The monoisotopic (exact) mass is 301 g/mol. The van der Waals surface area contributed by atoms with E-state index >= 15 is 0 Å². The van der Waals surface area contributed by atoms with E-state index in [0.717, 1.165) is 5.02 Å². The summed E-state index contributed by atoms with van der Waals surface area (Å²) in [5, 5.41) is 4.24. The molecule has 0 aromatic heterocycles. The van der Waals surface area contributed by atoms with E-state index in [0.29, 0.717) is 0 Å². The molecule has 0 fully saturated rings. The summed E-state index contributed by atoms with van der Waals surface area (Å²) in [6.45, 7) is 11.1. The third kappa shape index (κ3) is 2.86. The van der Waals surface area contributed by atoms with E-state index in [1.807, 2.05) is 25.2 Å². The molecule has 1 atom stereocenters. The van der Waals surface area contributed by atoms with Crippen LogP contribution in [0.1, 0.15) is 45.0 Å². The van der Waals surface area contributed by atoms with Gasteiger partial charge in [-0.15, -0.1) is 0 Å². The van der Waals surface area contributed by atoms with Crippen molar-refractivity contribution in [3.8, 4) is 0 Å². The molecule has 0 saturated heterocycles. The van der Waals surface area contributed by atoms with E-state index in [-0.39, 0.29) is 6.04 Å². The van der Waals surface area contributed by atoms with Gasteiger partial charge < -0.3 is 5.32 Å². The van der Waals surface area contributed by atoms with Crippen LogP contribution in [-0.2, 0) is 0 Å². The lowest BCUT2D eigenvalue weighted by Crippen LogP contribution is -2.21. The first-order chi connectivity index (χ1) is 9.88. The van der Waals surface area contributed by atoms with Crippen molar-refractivity contribution in [2.24, 2.45) is 0 Å². The zero-order valence-electron chi connectivity index (χ0n) is 13.8. The standard InChI is InChI=1S/C19H24ClN/c1-11-12(2)14(4)18(15(5)13(11)3)19(21-6)16-8-7-9-17(20)10-16/h7-10,19,21H,1-6H3. The first kappa shape index (κ1) is 16.1. The molecule has 0 aliphatic heterocycles. The van der Waals surface area contributed by atoms with Gasteiger partial charge in [0.25, 0.3) is 0 Å². The second kappa shape index (κ2) is 6.21. The van der Waals surface area contributed by atoms with E-state index in [9.17, 15) is 0 Å². The summed E-state index contributed by atoms with van der Waals surface area (Å²) in [6.07, 6.45) is 0. The Balaban J connectivity index is 2.69. The summed E-state index contributed by atoms with van der Waals surface area (Å²) in [7, 11) is 2.01. The molecule has 0 aliphatic rings. The van der Waals surface area contributed by atoms with Crippen molar-refractivity contribution >= 4 is 11.6 Å². The lowest BCUT2D eigenvalue weighted by atomic mass is 9.84. The van der Waals surface area contributed by atoms with E-state index in [4.69, 9.17) is 11.6 Å². The van der Waals surface area contributed by atoms with Crippen LogP contribution in [0.25, 0.3) is 0 Å². The topological polar surface area (TPSA) is 12.0 Å². The van der Waals surface area contributed by atoms with Crippen molar-refractivity contribution in [2.45, 2.75) is 40.7 Å². The van der Waals surface area contributed by atoms with Gasteiger partial charge in [-0.05, 0) is 92.7 Å². The Morgan fingerprint density at radius 2 is 1.38 bits per heavy atom. The fourth-order valence-corrected chi connectivity index (χ4v) is 3.32.